The molecule has 0 fully saturated rings. The summed E-state index contributed by atoms with van der Waals surface area (Å²) in [5.41, 5.74) is 0.195. The zero-order valence-corrected chi connectivity index (χ0v) is 14.5. The van der Waals surface area contributed by atoms with Crippen LogP contribution in [0, 0.1) is 0 Å². The molecule has 0 heterocycles. The van der Waals surface area contributed by atoms with E-state index in [9.17, 15) is 9.59 Å². The summed E-state index contributed by atoms with van der Waals surface area (Å²) in [6.07, 6.45) is -0.797. The first-order chi connectivity index (χ1) is 9.76. The second kappa shape index (κ2) is 7.82. The predicted octanol–water partition coefficient (Wildman–Crippen LogP) is 4.56. The number of benzene rings is 1. The van der Waals surface area contributed by atoms with Crippen molar-refractivity contribution in [3.05, 3.63) is 38.8 Å². The van der Waals surface area contributed by atoms with Gasteiger partial charge in [-0.3, -0.25) is 0 Å². The minimum atomic E-state index is -1.05. The molecule has 21 heavy (non-hydrogen) atoms. The van der Waals surface area contributed by atoms with Crippen LogP contribution in [-0.4, -0.2) is 18.0 Å². The monoisotopic (exact) mass is 394 g/mol. The third kappa shape index (κ3) is 5.02. The molecule has 1 unspecified atom stereocenters. The van der Waals surface area contributed by atoms with Crippen LogP contribution in [0.4, 0.5) is 0 Å². The van der Waals surface area contributed by atoms with Crippen molar-refractivity contribution >= 4 is 51.1 Å². The molecule has 0 N–H and O–H groups in total. The van der Waals surface area contributed by atoms with Crippen molar-refractivity contribution in [2.24, 2.45) is 0 Å². The van der Waals surface area contributed by atoms with Gasteiger partial charge in [0.2, 0.25) is 0 Å². The Hall–Kier alpha value is -1.04. The molecule has 4 nitrogen and oxygen atoms in total. The molecule has 0 aliphatic carbocycles. The van der Waals surface area contributed by atoms with E-state index < -0.39 is 18.0 Å². The molecule has 0 radical (unpaired) electrons. The van der Waals surface area contributed by atoms with Crippen molar-refractivity contribution in [2.75, 3.05) is 0 Å². The summed E-state index contributed by atoms with van der Waals surface area (Å²) in [5, 5.41) is 0.340. The Morgan fingerprint density at radius 2 is 1.86 bits per heavy atom. The predicted molar refractivity (Wildman–Crippen MR) is 84.8 cm³/mol. The van der Waals surface area contributed by atoms with Crippen molar-refractivity contribution in [2.45, 2.75) is 26.4 Å². The van der Waals surface area contributed by atoms with E-state index in [0.717, 1.165) is 0 Å². The van der Waals surface area contributed by atoms with E-state index in [2.05, 4.69) is 22.5 Å². The Kier molecular flexibility index (Phi) is 6.71. The molecular formula is C14H13BrCl2O4. The highest BCUT2D eigenvalue weighted by atomic mass is 79.9. The second-order valence-electron chi connectivity index (χ2n) is 4.20. The van der Waals surface area contributed by atoms with Gasteiger partial charge in [0.15, 0.2) is 11.9 Å². The van der Waals surface area contributed by atoms with Crippen LogP contribution in [0.25, 0.3) is 0 Å². The van der Waals surface area contributed by atoms with Crippen molar-refractivity contribution in [3.8, 4) is 5.75 Å². The fourth-order valence-corrected chi connectivity index (χ4v) is 2.61. The molecule has 1 atom stereocenters. The molecule has 1 aromatic carbocycles. The van der Waals surface area contributed by atoms with Gasteiger partial charge in [-0.25, -0.2) is 9.59 Å². The Morgan fingerprint density at radius 1 is 1.33 bits per heavy atom. The highest BCUT2D eigenvalue weighted by Gasteiger charge is 2.25. The van der Waals surface area contributed by atoms with Crippen LogP contribution in [0.5, 0.6) is 5.75 Å². The highest BCUT2D eigenvalue weighted by Crippen LogP contribution is 2.36. The van der Waals surface area contributed by atoms with Crippen molar-refractivity contribution < 1.29 is 19.1 Å². The van der Waals surface area contributed by atoms with Crippen LogP contribution >= 0.6 is 39.1 Å². The van der Waals surface area contributed by atoms with E-state index in [-0.39, 0.29) is 27.8 Å². The van der Waals surface area contributed by atoms with Gasteiger partial charge in [0.05, 0.1) is 10.0 Å². The molecule has 0 bridgehead atoms. The van der Waals surface area contributed by atoms with E-state index in [1.54, 1.807) is 6.92 Å². The molecule has 0 spiro atoms. The molecule has 1 rings (SSSR count). The van der Waals surface area contributed by atoms with Gasteiger partial charge in [-0.05, 0) is 25.5 Å². The van der Waals surface area contributed by atoms with Gasteiger partial charge in [-0.1, -0.05) is 52.6 Å². The molecule has 0 amide bonds. The third-order valence-electron chi connectivity index (χ3n) is 2.40. The lowest BCUT2D eigenvalue weighted by atomic mass is 10.2. The largest absolute Gasteiger partial charge is 0.447 e. The SMILES string of the molecule is C=C(C)C(=O)OC(CC)C(=O)Oc1c(Cl)cc(Br)cc1Cl. The number of ether oxygens (including phenoxy) is 2. The van der Waals surface area contributed by atoms with Gasteiger partial charge >= 0.3 is 11.9 Å². The van der Waals surface area contributed by atoms with Gasteiger partial charge in [0.25, 0.3) is 0 Å². The molecule has 7 heteroatoms. The summed E-state index contributed by atoms with van der Waals surface area (Å²) >= 11 is 15.2. The number of carbonyl (C=O) groups is 2. The van der Waals surface area contributed by atoms with Crippen molar-refractivity contribution in [3.63, 3.8) is 0 Å². The van der Waals surface area contributed by atoms with Gasteiger partial charge in [0, 0.05) is 10.0 Å². The Labute approximate surface area is 141 Å². The number of rotatable bonds is 5. The number of hydrogen-bond donors (Lipinski definition) is 0. The van der Waals surface area contributed by atoms with E-state index >= 15 is 0 Å². The van der Waals surface area contributed by atoms with Gasteiger partial charge in [-0.15, -0.1) is 0 Å². The lowest BCUT2D eigenvalue weighted by Gasteiger charge is -2.16. The maximum atomic E-state index is 12.0. The lowest BCUT2D eigenvalue weighted by Crippen LogP contribution is -2.30. The van der Waals surface area contributed by atoms with Crippen molar-refractivity contribution in [1.29, 1.82) is 0 Å². The number of carbonyl (C=O) groups excluding carboxylic acids is 2. The fourth-order valence-electron chi connectivity index (χ4n) is 1.32. The standard InChI is InChI=1S/C14H13BrCl2O4/c1-4-11(20-13(18)7(2)3)14(19)21-12-9(16)5-8(15)6-10(12)17/h5-6,11H,2,4H2,1,3H3. The zero-order valence-electron chi connectivity index (χ0n) is 11.4. The molecule has 0 aliphatic rings. The van der Waals surface area contributed by atoms with Crippen LogP contribution in [0.1, 0.15) is 20.3 Å². The first-order valence-corrected chi connectivity index (χ1v) is 7.53. The van der Waals surface area contributed by atoms with Crippen LogP contribution in [0.15, 0.2) is 28.8 Å². The molecule has 0 aromatic heterocycles. The fraction of sp³-hybridized carbons (Fsp3) is 0.286. The molecule has 114 valence electrons. The summed E-state index contributed by atoms with van der Waals surface area (Å²) in [6, 6.07) is 3.08. The van der Waals surface area contributed by atoms with Gasteiger partial charge in [0.1, 0.15) is 0 Å². The number of hydrogen-bond acceptors (Lipinski definition) is 4. The Bertz CT molecular complexity index is 563. The minimum absolute atomic E-state index is 0.0244. The lowest BCUT2D eigenvalue weighted by molar-refractivity contribution is -0.159. The highest BCUT2D eigenvalue weighted by molar-refractivity contribution is 9.10. The maximum absolute atomic E-state index is 12.0. The molecular weight excluding hydrogens is 383 g/mol. The Morgan fingerprint density at radius 3 is 2.29 bits per heavy atom. The van der Waals surface area contributed by atoms with Crippen LogP contribution in [0.3, 0.4) is 0 Å². The quantitative estimate of drug-likeness (QED) is 0.416. The first kappa shape index (κ1) is 18.0. The maximum Gasteiger partial charge on any atom is 0.352 e. The van der Waals surface area contributed by atoms with Crippen LogP contribution in [0.2, 0.25) is 10.0 Å². The van der Waals surface area contributed by atoms with E-state index in [0.29, 0.717) is 4.47 Å². The molecule has 0 saturated heterocycles. The van der Waals surface area contributed by atoms with Crippen LogP contribution < -0.4 is 4.74 Å². The zero-order chi connectivity index (χ0) is 16.2. The van der Waals surface area contributed by atoms with Gasteiger partial charge < -0.3 is 9.47 Å². The number of esters is 2. The first-order valence-electron chi connectivity index (χ1n) is 5.99. The van der Waals surface area contributed by atoms with E-state index in [4.69, 9.17) is 32.7 Å². The number of halogens is 3. The third-order valence-corrected chi connectivity index (χ3v) is 3.42. The normalized spacial score (nSPS) is 11.7. The second-order valence-corrected chi connectivity index (χ2v) is 5.93. The van der Waals surface area contributed by atoms with E-state index in [1.165, 1.54) is 19.1 Å². The van der Waals surface area contributed by atoms with Crippen LogP contribution in [-0.2, 0) is 14.3 Å². The van der Waals surface area contributed by atoms with Gasteiger partial charge in [-0.2, -0.15) is 0 Å². The summed E-state index contributed by atoms with van der Waals surface area (Å²) in [6.45, 7) is 6.62. The van der Waals surface area contributed by atoms with Crippen molar-refractivity contribution in [1.82, 2.24) is 0 Å². The minimum Gasteiger partial charge on any atom is -0.447 e. The van der Waals surface area contributed by atoms with E-state index in [1.807, 2.05) is 0 Å². The summed E-state index contributed by atoms with van der Waals surface area (Å²) in [5.74, 6) is -1.39. The average molecular weight is 396 g/mol. The molecule has 0 aliphatic heterocycles. The smallest absolute Gasteiger partial charge is 0.352 e. The average Bonchev–Trinajstić information content (AvgIpc) is 2.39. The molecule has 0 saturated carbocycles. The topological polar surface area (TPSA) is 52.6 Å². The molecule has 1 aromatic rings. The Balaban J connectivity index is 2.89. The summed E-state index contributed by atoms with van der Waals surface area (Å²) in [4.78, 5) is 23.5. The summed E-state index contributed by atoms with van der Waals surface area (Å²) in [7, 11) is 0. The summed E-state index contributed by atoms with van der Waals surface area (Å²) < 4.78 is 10.8.